The smallest absolute Gasteiger partial charge is 0.167 e. The van der Waals surface area contributed by atoms with Crippen LogP contribution >= 0.6 is 0 Å². The number of hydrogen-bond donors (Lipinski definition) is 2. The first-order valence-electron chi connectivity index (χ1n) is 7.49. The number of nitrogen functional groups attached to an aromatic ring is 1. The summed E-state index contributed by atoms with van der Waals surface area (Å²) in [4.78, 5) is 12.4. The first-order chi connectivity index (χ1) is 11.1. The molecule has 1 aliphatic rings. The van der Waals surface area contributed by atoms with Crippen LogP contribution in [0.5, 0.6) is 0 Å². The average Bonchev–Trinajstić information content (AvgIpc) is 3.10. The number of aliphatic hydroxyl groups is 1. The molecular weight excluding hydrogens is 302 g/mol. The Hall–Kier alpha value is -1.81. The Morgan fingerprint density at radius 3 is 2.91 bits per heavy atom. The van der Waals surface area contributed by atoms with E-state index in [1.54, 1.807) is 18.0 Å². The Bertz CT molecular complexity index is 678. The van der Waals surface area contributed by atoms with Crippen LogP contribution in [0.2, 0.25) is 0 Å². The molecule has 0 bridgehead atoms. The molecule has 9 heteroatoms. The van der Waals surface area contributed by atoms with Gasteiger partial charge in [-0.2, -0.15) is 0 Å². The van der Waals surface area contributed by atoms with E-state index < -0.39 is 24.5 Å². The maximum absolute atomic E-state index is 10.6. The second-order valence-electron chi connectivity index (χ2n) is 5.43. The van der Waals surface area contributed by atoms with Crippen molar-refractivity contribution in [3.63, 3.8) is 0 Å². The molecule has 126 valence electrons. The van der Waals surface area contributed by atoms with Crippen molar-refractivity contribution in [2.24, 2.45) is 0 Å². The Morgan fingerprint density at radius 2 is 2.22 bits per heavy atom. The molecule has 1 fully saturated rings. The highest BCUT2D eigenvalue weighted by molar-refractivity contribution is 5.81. The Balaban J connectivity index is 2.00. The number of imidazole rings is 1. The monoisotopic (exact) mass is 323 g/mol. The normalized spacial score (nSPS) is 29.2. The number of nitrogens with two attached hydrogens (primary N) is 1. The van der Waals surface area contributed by atoms with Crippen LogP contribution in [0, 0.1) is 0 Å². The van der Waals surface area contributed by atoms with Crippen LogP contribution in [0.25, 0.3) is 11.2 Å². The number of ether oxygens (including phenoxy) is 3. The maximum Gasteiger partial charge on any atom is 0.167 e. The summed E-state index contributed by atoms with van der Waals surface area (Å²) in [5.74, 6) is 0.294. The van der Waals surface area contributed by atoms with E-state index in [0.29, 0.717) is 23.6 Å². The zero-order valence-electron chi connectivity index (χ0n) is 13.3. The fourth-order valence-electron chi connectivity index (χ4n) is 2.85. The Morgan fingerprint density at radius 1 is 1.43 bits per heavy atom. The molecule has 1 saturated heterocycles. The lowest BCUT2D eigenvalue weighted by molar-refractivity contribution is -0.0917. The maximum atomic E-state index is 10.6. The molecule has 23 heavy (non-hydrogen) atoms. The Labute approximate surface area is 133 Å². The largest absolute Gasteiger partial charge is 0.387 e. The SMILES string of the molecule is CCO[C@@H]1[C@H](O)[C@@H](C(C)OC)O[C@H]1n1cnc2c(N)ncnc21. The number of fused-ring (bicyclic) bond motifs is 1. The van der Waals surface area contributed by atoms with E-state index in [9.17, 15) is 5.11 Å². The van der Waals surface area contributed by atoms with Crippen molar-refractivity contribution >= 4 is 17.0 Å². The molecule has 2 aromatic rings. The zero-order chi connectivity index (χ0) is 16.6. The van der Waals surface area contributed by atoms with Crippen molar-refractivity contribution in [2.75, 3.05) is 19.5 Å². The summed E-state index contributed by atoms with van der Waals surface area (Å²) in [6.07, 6.45) is 0.172. The van der Waals surface area contributed by atoms with Gasteiger partial charge in [0.25, 0.3) is 0 Å². The van der Waals surface area contributed by atoms with Crippen molar-refractivity contribution < 1.29 is 19.3 Å². The molecule has 3 N–H and O–H groups in total. The van der Waals surface area contributed by atoms with Crippen molar-refractivity contribution in [1.29, 1.82) is 0 Å². The van der Waals surface area contributed by atoms with Gasteiger partial charge < -0.3 is 25.1 Å². The summed E-state index contributed by atoms with van der Waals surface area (Å²) in [6, 6.07) is 0. The van der Waals surface area contributed by atoms with Crippen molar-refractivity contribution in [1.82, 2.24) is 19.5 Å². The van der Waals surface area contributed by atoms with Gasteiger partial charge in [-0.3, -0.25) is 4.57 Å². The molecule has 3 rings (SSSR count). The summed E-state index contributed by atoms with van der Waals surface area (Å²) < 4.78 is 18.7. The van der Waals surface area contributed by atoms with Gasteiger partial charge in [0.15, 0.2) is 17.7 Å². The predicted molar refractivity (Wildman–Crippen MR) is 81.5 cm³/mol. The van der Waals surface area contributed by atoms with Crippen LogP contribution in [0.15, 0.2) is 12.7 Å². The second kappa shape index (κ2) is 6.36. The van der Waals surface area contributed by atoms with Crippen LogP contribution in [0.1, 0.15) is 20.1 Å². The van der Waals surface area contributed by atoms with Gasteiger partial charge in [0.2, 0.25) is 0 Å². The minimum atomic E-state index is -0.827. The quantitative estimate of drug-likeness (QED) is 0.796. The van der Waals surface area contributed by atoms with Gasteiger partial charge in [-0.25, -0.2) is 15.0 Å². The predicted octanol–water partition coefficient (Wildman–Crippen LogP) is 0.107. The second-order valence-corrected chi connectivity index (χ2v) is 5.43. The van der Waals surface area contributed by atoms with Crippen LogP contribution in [-0.4, -0.2) is 62.8 Å². The van der Waals surface area contributed by atoms with Gasteiger partial charge in [0.1, 0.15) is 30.2 Å². The van der Waals surface area contributed by atoms with Gasteiger partial charge in [-0.1, -0.05) is 0 Å². The number of nitrogens with zero attached hydrogens (tertiary/aromatic N) is 4. The molecule has 0 saturated carbocycles. The number of hydrogen-bond acceptors (Lipinski definition) is 8. The fraction of sp³-hybridized carbons (Fsp3) is 0.643. The van der Waals surface area contributed by atoms with Gasteiger partial charge in [-0.15, -0.1) is 0 Å². The topological polar surface area (TPSA) is 118 Å². The highest BCUT2D eigenvalue weighted by Crippen LogP contribution is 2.35. The van der Waals surface area contributed by atoms with E-state index in [0.717, 1.165) is 0 Å². The summed E-state index contributed by atoms with van der Waals surface area (Å²) in [5.41, 5.74) is 6.84. The summed E-state index contributed by atoms with van der Waals surface area (Å²) in [7, 11) is 1.57. The molecule has 0 spiro atoms. The van der Waals surface area contributed by atoms with E-state index in [-0.39, 0.29) is 6.10 Å². The van der Waals surface area contributed by atoms with Crippen LogP contribution in [-0.2, 0) is 14.2 Å². The molecule has 5 atom stereocenters. The summed E-state index contributed by atoms with van der Waals surface area (Å²) >= 11 is 0. The Kier molecular flexibility index (Phi) is 4.44. The van der Waals surface area contributed by atoms with Crippen molar-refractivity contribution in [3.05, 3.63) is 12.7 Å². The zero-order valence-corrected chi connectivity index (χ0v) is 13.3. The third-order valence-electron chi connectivity index (χ3n) is 4.11. The highest BCUT2D eigenvalue weighted by atomic mass is 16.6. The van der Waals surface area contributed by atoms with Gasteiger partial charge >= 0.3 is 0 Å². The van der Waals surface area contributed by atoms with E-state index in [2.05, 4.69) is 15.0 Å². The number of anilines is 1. The van der Waals surface area contributed by atoms with Crippen LogP contribution in [0.3, 0.4) is 0 Å². The van der Waals surface area contributed by atoms with E-state index >= 15 is 0 Å². The number of aliphatic hydroxyl groups excluding tert-OH is 1. The lowest BCUT2D eigenvalue weighted by atomic mass is 10.1. The van der Waals surface area contributed by atoms with E-state index in [1.807, 2.05) is 13.8 Å². The lowest BCUT2D eigenvalue weighted by Gasteiger charge is -2.21. The number of rotatable bonds is 5. The van der Waals surface area contributed by atoms with Crippen molar-refractivity contribution in [2.45, 2.75) is 44.5 Å². The van der Waals surface area contributed by atoms with E-state index in [1.165, 1.54) is 6.33 Å². The van der Waals surface area contributed by atoms with Crippen molar-refractivity contribution in [3.8, 4) is 0 Å². The summed E-state index contributed by atoms with van der Waals surface area (Å²) in [5, 5.41) is 10.6. The van der Waals surface area contributed by atoms with Crippen LogP contribution in [0.4, 0.5) is 5.82 Å². The molecule has 0 aromatic carbocycles. The van der Waals surface area contributed by atoms with Crippen LogP contribution < -0.4 is 5.73 Å². The highest BCUT2D eigenvalue weighted by Gasteiger charge is 2.48. The van der Waals surface area contributed by atoms with E-state index in [4.69, 9.17) is 19.9 Å². The molecular formula is C14H21N5O4. The van der Waals surface area contributed by atoms with Gasteiger partial charge in [0.05, 0.1) is 12.4 Å². The van der Waals surface area contributed by atoms with Gasteiger partial charge in [-0.05, 0) is 13.8 Å². The third kappa shape index (κ3) is 2.65. The number of aromatic nitrogens is 4. The molecule has 0 radical (unpaired) electrons. The molecule has 3 heterocycles. The first kappa shape index (κ1) is 16.1. The molecule has 2 aromatic heterocycles. The minimum Gasteiger partial charge on any atom is -0.387 e. The summed E-state index contributed by atoms with van der Waals surface area (Å²) in [6.45, 7) is 4.15. The molecule has 0 aliphatic carbocycles. The average molecular weight is 323 g/mol. The fourth-order valence-corrected chi connectivity index (χ4v) is 2.85. The minimum absolute atomic E-state index is 0.285. The number of methoxy groups -OCH3 is 1. The standard InChI is InChI=1S/C14H21N5O4/c1-4-22-11-9(20)10(7(2)21-3)23-14(11)19-6-18-8-12(15)16-5-17-13(8)19/h5-7,9-11,14,20H,4H2,1-3H3,(H2,15,16,17)/t7?,9-,10-,11-,14-/m1/s1. The van der Waals surface area contributed by atoms with Gasteiger partial charge in [0, 0.05) is 13.7 Å². The molecule has 9 nitrogen and oxygen atoms in total. The lowest BCUT2D eigenvalue weighted by Crippen LogP contribution is -2.39. The first-order valence-corrected chi connectivity index (χ1v) is 7.49. The molecule has 1 unspecified atom stereocenters. The third-order valence-corrected chi connectivity index (χ3v) is 4.11. The molecule has 1 aliphatic heterocycles. The molecule has 0 amide bonds.